The largest absolute Gasteiger partial charge is 0.357 e. The van der Waals surface area contributed by atoms with Crippen molar-refractivity contribution < 1.29 is 4.79 Å². The second-order valence-corrected chi connectivity index (χ2v) is 8.04. The van der Waals surface area contributed by atoms with Crippen LogP contribution in [-0.4, -0.2) is 29.0 Å². The highest BCUT2D eigenvalue weighted by atomic mass is 32.1. The van der Waals surface area contributed by atoms with Gasteiger partial charge in [-0.1, -0.05) is 0 Å². The molecule has 1 amide bonds. The summed E-state index contributed by atoms with van der Waals surface area (Å²) in [5.41, 5.74) is 1.10. The molecule has 6 heteroatoms. The first-order valence-corrected chi connectivity index (χ1v) is 9.16. The van der Waals surface area contributed by atoms with Gasteiger partial charge in [-0.05, 0) is 52.7 Å². The van der Waals surface area contributed by atoms with Crippen molar-refractivity contribution in [1.29, 1.82) is 0 Å². The van der Waals surface area contributed by atoms with E-state index in [2.05, 4.69) is 27.1 Å². The van der Waals surface area contributed by atoms with Gasteiger partial charge >= 0.3 is 0 Å². The van der Waals surface area contributed by atoms with Crippen molar-refractivity contribution in [3.8, 4) is 0 Å². The zero-order valence-corrected chi connectivity index (χ0v) is 15.5. The molecule has 0 atom stereocenters. The lowest BCUT2D eigenvalue weighted by atomic mass is 10.1. The number of amides is 1. The van der Waals surface area contributed by atoms with Crippen molar-refractivity contribution >= 4 is 23.1 Å². The minimum absolute atomic E-state index is 0.119. The quantitative estimate of drug-likeness (QED) is 0.923. The molecule has 0 saturated carbocycles. The normalized spacial score (nSPS) is 14.9. The van der Waals surface area contributed by atoms with Crippen molar-refractivity contribution in [1.82, 2.24) is 15.3 Å². The molecule has 3 heterocycles. The molecule has 128 valence electrons. The van der Waals surface area contributed by atoms with Gasteiger partial charge in [0.1, 0.15) is 10.8 Å². The molecule has 1 saturated heterocycles. The SMILES string of the molecule is Cc1nc(C(C)(C)NC(=O)c2ccc(N3CCCC3)nc2)sc1C. The minimum Gasteiger partial charge on any atom is -0.357 e. The average molecular weight is 344 g/mol. The van der Waals surface area contributed by atoms with Gasteiger partial charge < -0.3 is 10.2 Å². The molecular formula is C18H24N4OS. The fourth-order valence-corrected chi connectivity index (χ4v) is 3.78. The molecule has 5 nitrogen and oxygen atoms in total. The van der Waals surface area contributed by atoms with Crippen LogP contribution >= 0.6 is 11.3 Å². The Morgan fingerprint density at radius 3 is 2.50 bits per heavy atom. The minimum atomic E-state index is -0.506. The topological polar surface area (TPSA) is 58.1 Å². The Hall–Kier alpha value is -1.95. The predicted octanol–water partition coefficient (Wildman–Crippen LogP) is 3.42. The summed E-state index contributed by atoms with van der Waals surface area (Å²) in [5.74, 6) is 0.834. The molecule has 0 aromatic carbocycles. The second-order valence-electron chi connectivity index (χ2n) is 6.84. The molecule has 1 fully saturated rings. The first-order valence-electron chi connectivity index (χ1n) is 8.35. The van der Waals surface area contributed by atoms with Crippen LogP contribution in [0.1, 0.15) is 52.6 Å². The molecule has 0 unspecified atom stereocenters. The van der Waals surface area contributed by atoms with Crippen LogP contribution in [0.25, 0.3) is 0 Å². The summed E-state index contributed by atoms with van der Waals surface area (Å²) in [7, 11) is 0. The number of nitrogens with zero attached hydrogens (tertiary/aromatic N) is 3. The number of aryl methyl sites for hydroxylation is 2. The Kier molecular flexibility index (Phi) is 4.58. The Morgan fingerprint density at radius 2 is 1.96 bits per heavy atom. The van der Waals surface area contributed by atoms with Crippen LogP contribution in [0.15, 0.2) is 18.3 Å². The fourth-order valence-electron chi connectivity index (χ4n) is 2.80. The monoisotopic (exact) mass is 344 g/mol. The first-order chi connectivity index (χ1) is 11.4. The maximum Gasteiger partial charge on any atom is 0.253 e. The van der Waals surface area contributed by atoms with Crippen LogP contribution in [0.2, 0.25) is 0 Å². The van der Waals surface area contributed by atoms with Gasteiger partial charge in [-0.2, -0.15) is 0 Å². The Bertz CT molecular complexity index is 710. The number of carbonyl (C=O) groups is 1. The number of carbonyl (C=O) groups excluding carboxylic acids is 1. The van der Waals surface area contributed by atoms with Crippen LogP contribution in [-0.2, 0) is 5.54 Å². The van der Waals surface area contributed by atoms with Gasteiger partial charge in [0.05, 0.1) is 16.8 Å². The van der Waals surface area contributed by atoms with E-state index in [0.717, 1.165) is 29.6 Å². The van der Waals surface area contributed by atoms with Crippen molar-refractivity contribution in [2.45, 2.75) is 46.1 Å². The number of nitrogens with one attached hydrogen (secondary N) is 1. The van der Waals surface area contributed by atoms with Crippen LogP contribution in [0.3, 0.4) is 0 Å². The second kappa shape index (κ2) is 6.51. The lowest BCUT2D eigenvalue weighted by molar-refractivity contribution is 0.0911. The standard InChI is InChI=1S/C18H24N4OS/c1-12-13(2)24-17(20-12)18(3,4)21-16(23)14-7-8-15(19-11-14)22-9-5-6-10-22/h7-8,11H,5-6,9-10H2,1-4H3,(H,21,23). The number of thiazole rings is 1. The molecule has 0 spiro atoms. The lowest BCUT2D eigenvalue weighted by Gasteiger charge is -2.24. The van der Waals surface area contributed by atoms with Gasteiger partial charge in [0, 0.05) is 24.2 Å². The van der Waals surface area contributed by atoms with Crippen LogP contribution in [0, 0.1) is 13.8 Å². The van der Waals surface area contributed by atoms with Crippen molar-refractivity contribution in [2.24, 2.45) is 0 Å². The van der Waals surface area contributed by atoms with Crippen molar-refractivity contribution in [3.63, 3.8) is 0 Å². The Balaban J connectivity index is 1.71. The van der Waals surface area contributed by atoms with Gasteiger partial charge in [-0.3, -0.25) is 4.79 Å². The van der Waals surface area contributed by atoms with E-state index in [1.54, 1.807) is 17.5 Å². The van der Waals surface area contributed by atoms with E-state index in [4.69, 9.17) is 0 Å². The molecule has 1 N–H and O–H groups in total. The molecular weight excluding hydrogens is 320 g/mol. The number of hydrogen-bond acceptors (Lipinski definition) is 5. The summed E-state index contributed by atoms with van der Waals surface area (Å²) in [6, 6.07) is 3.79. The Morgan fingerprint density at radius 1 is 1.25 bits per heavy atom. The predicted molar refractivity (Wildman–Crippen MR) is 97.8 cm³/mol. The highest BCUT2D eigenvalue weighted by Gasteiger charge is 2.27. The number of hydrogen-bond donors (Lipinski definition) is 1. The average Bonchev–Trinajstić information content (AvgIpc) is 3.18. The highest BCUT2D eigenvalue weighted by Crippen LogP contribution is 2.27. The summed E-state index contributed by atoms with van der Waals surface area (Å²) < 4.78 is 0. The molecule has 2 aromatic heterocycles. The maximum absolute atomic E-state index is 12.6. The summed E-state index contributed by atoms with van der Waals surface area (Å²) in [6.45, 7) is 10.1. The van der Waals surface area contributed by atoms with E-state index >= 15 is 0 Å². The van der Waals surface area contributed by atoms with Gasteiger partial charge in [-0.25, -0.2) is 9.97 Å². The van der Waals surface area contributed by atoms with Crippen LogP contribution in [0.4, 0.5) is 5.82 Å². The smallest absolute Gasteiger partial charge is 0.253 e. The molecule has 0 bridgehead atoms. The molecule has 2 aromatic rings. The third-order valence-corrected chi connectivity index (χ3v) is 5.83. The van der Waals surface area contributed by atoms with E-state index in [1.165, 1.54) is 17.7 Å². The van der Waals surface area contributed by atoms with E-state index < -0.39 is 5.54 Å². The molecule has 1 aliphatic rings. The molecule has 0 aliphatic carbocycles. The number of aromatic nitrogens is 2. The number of anilines is 1. The summed E-state index contributed by atoms with van der Waals surface area (Å²) in [5, 5.41) is 4.00. The van der Waals surface area contributed by atoms with Crippen LogP contribution < -0.4 is 10.2 Å². The highest BCUT2D eigenvalue weighted by molar-refractivity contribution is 7.11. The van der Waals surface area contributed by atoms with Gasteiger partial charge in [0.25, 0.3) is 5.91 Å². The van der Waals surface area contributed by atoms with Gasteiger partial charge in [0.15, 0.2) is 0 Å². The van der Waals surface area contributed by atoms with E-state index in [-0.39, 0.29) is 5.91 Å². The third kappa shape index (κ3) is 3.43. The zero-order valence-electron chi connectivity index (χ0n) is 14.7. The van der Waals surface area contributed by atoms with Crippen molar-refractivity contribution in [2.75, 3.05) is 18.0 Å². The number of pyridine rings is 1. The zero-order chi connectivity index (χ0) is 17.3. The van der Waals surface area contributed by atoms with Crippen LogP contribution in [0.5, 0.6) is 0 Å². The number of rotatable bonds is 4. The first kappa shape index (κ1) is 16.9. The lowest BCUT2D eigenvalue weighted by Crippen LogP contribution is -2.41. The molecule has 3 rings (SSSR count). The van der Waals surface area contributed by atoms with E-state index in [9.17, 15) is 4.79 Å². The van der Waals surface area contributed by atoms with E-state index in [1.807, 2.05) is 32.9 Å². The van der Waals surface area contributed by atoms with Gasteiger partial charge in [-0.15, -0.1) is 11.3 Å². The molecule has 0 radical (unpaired) electrons. The van der Waals surface area contributed by atoms with Crippen molar-refractivity contribution in [3.05, 3.63) is 39.5 Å². The fraction of sp³-hybridized carbons (Fsp3) is 0.500. The van der Waals surface area contributed by atoms with Gasteiger partial charge in [0.2, 0.25) is 0 Å². The summed E-state index contributed by atoms with van der Waals surface area (Å²) >= 11 is 1.63. The molecule has 24 heavy (non-hydrogen) atoms. The van der Waals surface area contributed by atoms with E-state index in [0.29, 0.717) is 5.56 Å². The molecule has 1 aliphatic heterocycles. The third-order valence-electron chi connectivity index (χ3n) is 4.43. The summed E-state index contributed by atoms with van der Waals surface area (Å²) in [4.78, 5) is 25.0. The summed E-state index contributed by atoms with van der Waals surface area (Å²) in [6.07, 6.45) is 4.09. The Labute approximate surface area is 147 Å². The maximum atomic E-state index is 12.6.